The van der Waals surface area contributed by atoms with Gasteiger partial charge in [0.1, 0.15) is 11.8 Å². The minimum atomic E-state index is -1.29. The fourth-order valence-corrected chi connectivity index (χ4v) is 2.61. The summed E-state index contributed by atoms with van der Waals surface area (Å²) in [6, 6.07) is 6.39. The first-order valence-electron chi connectivity index (χ1n) is 8.45. The maximum atomic E-state index is 11.7. The maximum Gasteiger partial charge on any atom is 0.321 e. The Morgan fingerprint density at radius 1 is 1.22 bits per heavy atom. The van der Waals surface area contributed by atoms with Crippen molar-refractivity contribution in [3.05, 3.63) is 60.2 Å². The van der Waals surface area contributed by atoms with Gasteiger partial charge in [-0.1, -0.05) is 61.5 Å². The smallest absolute Gasteiger partial charge is 0.321 e. The van der Waals surface area contributed by atoms with E-state index in [4.69, 9.17) is 27.5 Å². The summed E-state index contributed by atoms with van der Waals surface area (Å²) in [5, 5.41) is 16.8. The van der Waals surface area contributed by atoms with E-state index in [1.54, 1.807) is 12.2 Å². The van der Waals surface area contributed by atoms with E-state index in [1.807, 2.05) is 24.3 Å². The molecule has 0 spiro atoms. The highest BCUT2D eigenvalue weighted by molar-refractivity contribution is 6.31. The molecule has 0 bridgehead atoms. The minimum Gasteiger partial charge on any atom is -0.481 e. The molecule has 2 atom stereocenters. The second-order valence-electron chi connectivity index (χ2n) is 5.80. The Morgan fingerprint density at radius 2 is 1.81 bits per heavy atom. The van der Waals surface area contributed by atoms with Gasteiger partial charge in [0.15, 0.2) is 0 Å². The monoisotopic (exact) mass is 395 g/mol. The summed E-state index contributed by atoms with van der Waals surface area (Å²) in [5.74, 6) is -2.09. The zero-order chi connectivity index (χ0) is 20.8. The van der Waals surface area contributed by atoms with Crippen molar-refractivity contribution in [1.29, 1.82) is 0 Å². The Labute approximate surface area is 164 Å². The predicted octanol–water partition coefficient (Wildman–Crippen LogP) is 3.80. The highest BCUT2D eigenvalue weighted by Crippen LogP contribution is 2.33. The third kappa shape index (κ3) is 10.3. The van der Waals surface area contributed by atoms with Gasteiger partial charge in [-0.05, 0) is 24.5 Å². The number of halogens is 1. The molecule has 148 valence electrons. The molecule has 1 aliphatic rings. The number of benzene rings is 1. The van der Waals surface area contributed by atoms with Crippen molar-refractivity contribution in [2.75, 3.05) is 0 Å². The van der Waals surface area contributed by atoms with Gasteiger partial charge in [-0.3, -0.25) is 14.4 Å². The molecule has 7 heteroatoms. The lowest BCUT2D eigenvalue weighted by Crippen LogP contribution is -2.32. The topological polar surface area (TPSA) is 118 Å². The number of aliphatic carboxylic acids is 2. The number of carboxylic acids is 2. The molecule has 1 unspecified atom stereocenters. The van der Waals surface area contributed by atoms with Crippen LogP contribution in [0.3, 0.4) is 0 Å². The average molecular weight is 396 g/mol. The van der Waals surface area contributed by atoms with E-state index in [-0.39, 0.29) is 5.92 Å². The van der Waals surface area contributed by atoms with Gasteiger partial charge in [0.25, 0.3) is 0 Å². The summed E-state index contributed by atoms with van der Waals surface area (Å²) in [7, 11) is 0. The first-order valence-corrected chi connectivity index (χ1v) is 8.83. The quantitative estimate of drug-likeness (QED) is 0.652. The number of hydrogen-bond acceptors (Lipinski definition) is 4. The SMILES string of the molecule is C=CC=C.N[C@@H](CC(=O)O)C(=O)O.O=C1CCCCC1c1ccccc1Cl. The Kier molecular flexibility index (Phi) is 12.5. The van der Waals surface area contributed by atoms with Gasteiger partial charge in [0.05, 0.1) is 6.42 Å². The van der Waals surface area contributed by atoms with Gasteiger partial charge >= 0.3 is 11.9 Å². The van der Waals surface area contributed by atoms with E-state index in [2.05, 4.69) is 13.2 Å². The highest BCUT2D eigenvalue weighted by atomic mass is 35.5. The highest BCUT2D eigenvalue weighted by Gasteiger charge is 2.25. The van der Waals surface area contributed by atoms with Crippen LogP contribution >= 0.6 is 11.6 Å². The van der Waals surface area contributed by atoms with Crippen LogP contribution in [0.5, 0.6) is 0 Å². The zero-order valence-electron chi connectivity index (χ0n) is 15.1. The van der Waals surface area contributed by atoms with Crippen molar-refractivity contribution in [2.45, 2.75) is 44.1 Å². The van der Waals surface area contributed by atoms with E-state index in [0.29, 0.717) is 5.78 Å². The molecule has 27 heavy (non-hydrogen) atoms. The van der Waals surface area contributed by atoms with E-state index in [9.17, 15) is 14.4 Å². The first kappa shape index (κ1) is 24.6. The number of ketones is 1. The van der Waals surface area contributed by atoms with Crippen LogP contribution in [0.15, 0.2) is 49.6 Å². The Morgan fingerprint density at radius 3 is 2.22 bits per heavy atom. The van der Waals surface area contributed by atoms with Crippen LogP contribution in [0.4, 0.5) is 0 Å². The Balaban J connectivity index is 0.000000449. The van der Waals surface area contributed by atoms with Crippen molar-refractivity contribution in [3.8, 4) is 0 Å². The molecule has 1 aliphatic carbocycles. The number of nitrogens with two attached hydrogens (primary N) is 1. The minimum absolute atomic E-state index is 0.0532. The summed E-state index contributed by atoms with van der Waals surface area (Å²) in [4.78, 5) is 31.3. The second kappa shape index (κ2) is 13.7. The molecule has 1 aromatic rings. The Hall–Kier alpha value is -2.44. The fourth-order valence-electron chi connectivity index (χ4n) is 2.34. The van der Waals surface area contributed by atoms with E-state index >= 15 is 0 Å². The lowest BCUT2D eigenvalue weighted by atomic mass is 9.83. The van der Waals surface area contributed by atoms with Crippen LogP contribution in [0.2, 0.25) is 5.02 Å². The lowest BCUT2D eigenvalue weighted by molar-refractivity contribution is -0.144. The molecule has 0 saturated heterocycles. The third-order valence-electron chi connectivity index (χ3n) is 3.71. The molecule has 0 heterocycles. The number of carbonyl (C=O) groups excluding carboxylic acids is 1. The molecule has 0 aromatic heterocycles. The molecule has 0 aliphatic heterocycles. The number of allylic oxidation sites excluding steroid dienone is 2. The van der Waals surface area contributed by atoms with Crippen molar-refractivity contribution in [1.82, 2.24) is 0 Å². The van der Waals surface area contributed by atoms with Gasteiger partial charge in [-0.2, -0.15) is 0 Å². The second-order valence-corrected chi connectivity index (χ2v) is 6.21. The van der Waals surface area contributed by atoms with Gasteiger partial charge in [0.2, 0.25) is 0 Å². The molecule has 2 rings (SSSR count). The summed E-state index contributed by atoms with van der Waals surface area (Å²) >= 11 is 6.07. The molecule has 1 fully saturated rings. The largest absolute Gasteiger partial charge is 0.481 e. The number of carboxylic acid groups (broad SMARTS) is 2. The normalized spacial score (nSPS) is 16.5. The fraction of sp³-hybridized carbons (Fsp3) is 0.350. The molecule has 4 N–H and O–H groups in total. The number of hydrogen-bond donors (Lipinski definition) is 3. The molecule has 1 aromatic carbocycles. The van der Waals surface area contributed by atoms with Crippen molar-refractivity contribution in [2.24, 2.45) is 5.73 Å². The zero-order valence-corrected chi connectivity index (χ0v) is 15.9. The summed E-state index contributed by atoms with van der Waals surface area (Å²) in [5.41, 5.74) is 5.85. The number of rotatable bonds is 5. The van der Waals surface area contributed by atoms with Crippen LogP contribution in [0.25, 0.3) is 0 Å². The van der Waals surface area contributed by atoms with Crippen molar-refractivity contribution < 1.29 is 24.6 Å². The van der Waals surface area contributed by atoms with Crippen LogP contribution in [0, 0.1) is 0 Å². The molecule has 0 radical (unpaired) electrons. The average Bonchev–Trinajstić information content (AvgIpc) is 2.63. The van der Waals surface area contributed by atoms with Gasteiger partial charge < -0.3 is 15.9 Å². The van der Waals surface area contributed by atoms with Crippen LogP contribution < -0.4 is 5.73 Å². The summed E-state index contributed by atoms with van der Waals surface area (Å²) in [6.07, 6.45) is 6.61. The van der Waals surface area contributed by atoms with Gasteiger partial charge in [-0.15, -0.1) is 0 Å². The van der Waals surface area contributed by atoms with Crippen molar-refractivity contribution >= 4 is 29.3 Å². The maximum absolute atomic E-state index is 11.7. The summed E-state index contributed by atoms with van der Waals surface area (Å²) < 4.78 is 0. The Bertz CT molecular complexity index is 654. The molecular weight excluding hydrogens is 370 g/mol. The molecule has 0 amide bonds. The van der Waals surface area contributed by atoms with Gasteiger partial charge in [0, 0.05) is 17.4 Å². The van der Waals surface area contributed by atoms with Crippen molar-refractivity contribution in [3.63, 3.8) is 0 Å². The summed E-state index contributed by atoms with van der Waals surface area (Å²) in [6.45, 7) is 6.72. The van der Waals surface area contributed by atoms with Crippen LogP contribution in [-0.4, -0.2) is 34.0 Å². The molecular formula is C20H26ClNO5. The lowest BCUT2D eigenvalue weighted by Gasteiger charge is -2.21. The van der Waals surface area contributed by atoms with Gasteiger partial charge in [-0.25, -0.2) is 0 Å². The van der Waals surface area contributed by atoms with Crippen LogP contribution in [-0.2, 0) is 14.4 Å². The molecule has 6 nitrogen and oxygen atoms in total. The predicted molar refractivity (Wildman–Crippen MR) is 106 cm³/mol. The standard InChI is InChI=1S/C12H13ClO.C4H7NO4.C4H6/c13-11-7-3-1-5-9(11)10-6-2-4-8-12(10)14;5-2(4(8)9)1-3(6)7;1-3-4-2/h1,3,5,7,10H,2,4,6,8H2;2H,1,5H2,(H,6,7)(H,8,9);3-4H,1-2H2/t;2-;/m.0./s1. The first-order chi connectivity index (χ1) is 12.7. The van der Waals surface area contributed by atoms with E-state index in [1.165, 1.54) is 0 Å². The molecule has 1 saturated carbocycles. The number of Topliss-reactive ketones (excluding diaryl/α,β-unsaturated/α-hetero) is 1. The van der Waals surface area contributed by atoms with E-state index < -0.39 is 24.4 Å². The third-order valence-corrected chi connectivity index (χ3v) is 4.06. The number of carbonyl (C=O) groups is 3. The van der Waals surface area contributed by atoms with Crippen LogP contribution in [0.1, 0.15) is 43.6 Å². The van der Waals surface area contributed by atoms with E-state index in [0.717, 1.165) is 36.3 Å².